The molecule has 1 unspecified atom stereocenters. The lowest BCUT2D eigenvalue weighted by atomic mass is 10.0. The molecule has 1 aromatic heterocycles. The SMILES string of the molecule is O=C1NC(CC(=O)N2CCc3[nH]c4ccc(OC(F)(F)F)cc4c3C2)C(=O)Nc2ccccc21. The summed E-state index contributed by atoms with van der Waals surface area (Å²) >= 11 is 0. The number of fused-ring (bicyclic) bond motifs is 4. The molecule has 176 valence electrons. The Kier molecular flexibility index (Phi) is 5.18. The Morgan fingerprint density at radius 2 is 1.94 bits per heavy atom. The van der Waals surface area contributed by atoms with Crippen LogP contribution in [0.5, 0.6) is 5.75 Å². The molecular weight excluding hydrogens is 453 g/mol. The van der Waals surface area contributed by atoms with E-state index in [2.05, 4.69) is 20.4 Å². The summed E-state index contributed by atoms with van der Waals surface area (Å²) in [6.07, 6.45) is -4.58. The van der Waals surface area contributed by atoms with Crippen LogP contribution < -0.4 is 15.4 Å². The molecule has 0 bridgehead atoms. The number of halogens is 3. The summed E-state index contributed by atoms with van der Waals surface area (Å²) in [5.41, 5.74) is 2.85. The highest BCUT2D eigenvalue weighted by Gasteiger charge is 2.33. The molecule has 0 aliphatic carbocycles. The van der Waals surface area contributed by atoms with Gasteiger partial charge in [0.05, 0.1) is 17.7 Å². The number of carbonyl (C=O) groups excluding carboxylic acids is 3. The van der Waals surface area contributed by atoms with E-state index in [1.807, 2.05) is 0 Å². The van der Waals surface area contributed by atoms with Gasteiger partial charge in [-0.15, -0.1) is 13.2 Å². The van der Waals surface area contributed by atoms with E-state index in [1.165, 1.54) is 23.1 Å². The molecule has 8 nitrogen and oxygen atoms in total. The lowest BCUT2D eigenvalue weighted by Crippen LogP contribution is -2.46. The Hall–Kier alpha value is -4.02. The number of aromatic nitrogens is 1. The number of ether oxygens (including phenoxy) is 1. The quantitative estimate of drug-likeness (QED) is 0.545. The van der Waals surface area contributed by atoms with Gasteiger partial charge >= 0.3 is 6.36 Å². The number of nitrogens with zero attached hydrogens (tertiary/aromatic N) is 1. The van der Waals surface area contributed by atoms with Gasteiger partial charge < -0.3 is 25.3 Å². The molecule has 0 saturated heterocycles. The molecule has 0 radical (unpaired) electrons. The van der Waals surface area contributed by atoms with Gasteiger partial charge in [0.15, 0.2) is 0 Å². The molecule has 0 saturated carbocycles. The van der Waals surface area contributed by atoms with E-state index in [0.29, 0.717) is 40.7 Å². The van der Waals surface area contributed by atoms with Crippen LogP contribution in [0.15, 0.2) is 42.5 Å². The third-order valence-electron chi connectivity index (χ3n) is 5.96. The molecule has 3 aromatic rings. The maximum atomic E-state index is 13.0. The van der Waals surface area contributed by atoms with Crippen LogP contribution in [0.4, 0.5) is 18.9 Å². The topological polar surface area (TPSA) is 104 Å². The Labute approximate surface area is 191 Å². The molecule has 34 heavy (non-hydrogen) atoms. The summed E-state index contributed by atoms with van der Waals surface area (Å²) in [5, 5.41) is 5.80. The van der Waals surface area contributed by atoms with Crippen LogP contribution in [0.25, 0.3) is 10.9 Å². The minimum Gasteiger partial charge on any atom is -0.406 e. The number of hydrogen-bond acceptors (Lipinski definition) is 4. The zero-order valence-corrected chi connectivity index (χ0v) is 17.7. The van der Waals surface area contributed by atoms with Crippen LogP contribution in [0.1, 0.15) is 28.0 Å². The minimum atomic E-state index is -4.81. The summed E-state index contributed by atoms with van der Waals surface area (Å²) < 4.78 is 41.9. The average molecular weight is 472 g/mol. The van der Waals surface area contributed by atoms with E-state index in [-0.39, 0.29) is 24.6 Å². The van der Waals surface area contributed by atoms with Gasteiger partial charge in [-0.25, -0.2) is 0 Å². The van der Waals surface area contributed by atoms with Crippen molar-refractivity contribution in [2.75, 3.05) is 11.9 Å². The van der Waals surface area contributed by atoms with E-state index in [1.54, 1.807) is 24.3 Å². The zero-order valence-electron chi connectivity index (χ0n) is 17.7. The first kappa shape index (κ1) is 21.8. The van der Waals surface area contributed by atoms with Crippen molar-refractivity contribution in [1.82, 2.24) is 15.2 Å². The third-order valence-corrected chi connectivity index (χ3v) is 5.96. The molecule has 3 N–H and O–H groups in total. The summed E-state index contributed by atoms with van der Waals surface area (Å²) in [6, 6.07) is 9.52. The smallest absolute Gasteiger partial charge is 0.406 e. The van der Waals surface area contributed by atoms with E-state index in [4.69, 9.17) is 0 Å². The second kappa shape index (κ2) is 8.08. The monoisotopic (exact) mass is 472 g/mol. The number of aromatic amines is 1. The Morgan fingerprint density at radius 3 is 2.74 bits per heavy atom. The number of para-hydroxylation sites is 1. The van der Waals surface area contributed by atoms with E-state index < -0.39 is 24.2 Å². The highest BCUT2D eigenvalue weighted by molar-refractivity contribution is 6.10. The van der Waals surface area contributed by atoms with Crippen molar-refractivity contribution >= 4 is 34.3 Å². The van der Waals surface area contributed by atoms with E-state index >= 15 is 0 Å². The van der Waals surface area contributed by atoms with Crippen LogP contribution in [0, 0.1) is 0 Å². The highest BCUT2D eigenvalue weighted by Crippen LogP contribution is 2.32. The van der Waals surface area contributed by atoms with Gasteiger partial charge in [-0.05, 0) is 30.3 Å². The Morgan fingerprint density at radius 1 is 1.15 bits per heavy atom. The largest absolute Gasteiger partial charge is 0.573 e. The molecule has 3 heterocycles. The Balaban J connectivity index is 1.33. The number of hydrogen-bond donors (Lipinski definition) is 3. The number of amides is 3. The van der Waals surface area contributed by atoms with Crippen LogP contribution in [0.3, 0.4) is 0 Å². The fraction of sp³-hybridized carbons (Fsp3) is 0.261. The third kappa shape index (κ3) is 4.16. The maximum absolute atomic E-state index is 13.0. The van der Waals surface area contributed by atoms with E-state index in [9.17, 15) is 27.6 Å². The number of carbonyl (C=O) groups is 3. The second-order valence-corrected chi connectivity index (χ2v) is 8.17. The van der Waals surface area contributed by atoms with Gasteiger partial charge in [0.2, 0.25) is 11.8 Å². The summed E-state index contributed by atoms with van der Waals surface area (Å²) in [7, 11) is 0. The highest BCUT2D eigenvalue weighted by atomic mass is 19.4. The molecule has 1 atom stereocenters. The van der Waals surface area contributed by atoms with Crippen LogP contribution in [0.2, 0.25) is 0 Å². The number of benzene rings is 2. The molecule has 2 aliphatic heterocycles. The summed E-state index contributed by atoms with van der Waals surface area (Å²) in [5.74, 6) is -1.65. The van der Waals surface area contributed by atoms with Crippen molar-refractivity contribution < 1.29 is 32.3 Å². The lowest BCUT2D eigenvalue weighted by molar-refractivity contribution is -0.274. The first-order valence-corrected chi connectivity index (χ1v) is 10.6. The average Bonchev–Trinajstić information content (AvgIpc) is 3.09. The van der Waals surface area contributed by atoms with Crippen molar-refractivity contribution in [3.63, 3.8) is 0 Å². The maximum Gasteiger partial charge on any atom is 0.573 e. The summed E-state index contributed by atoms with van der Waals surface area (Å²) in [4.78, 5) is 42.9. The van der Waals surface area contributed by atoms with Gasteiger partial charge in [0.25, 0.3) is 5.91 Å². The molecule has 2 aliphatic rings. The van der Waals surface area contributed by atoms with Gasteiger partial charge in [0.1, 0.15) is 11.8 Å². The first-order valence-electron chi connectivity index (χ1n) is 10.6. The van der Waals surface area contributed by atoms with Crippen molar-refractivity contribution in [1.29, 1.82) is 0 Å². The lowest BCUT2D eigenvalue weighted by Gasteiger charge is -2.28. The molecular formula is C23H19F3N4O4. The zero-order chi connectivity index (χ0) is 24.0. The minimum absolute atomic E-state index is 0.159. The van der Waals surface area contributed by atoms with Crippen molar-refractivity contribution in [3.05, 3.63) is 59.3 Å². The fourth-order valence-corrected chi connectivity index (χ4v) is 4.36. The predicted molar refractivity (Wildman–Crippen MR) is 115 cm³/mol. The number of nitrogens with one attached hydrogen (secondary N) is 3. The van der Waals surface area contributed by atoms with Gasteiger partial charge in [-0.2, -0.15) is 0 Å². The standard InChI is InChI=1S/C23H19F3N4O4/c24-23(25,26)34-12-5-6-17-14(9-12)15-11-30(8-7-18(15)27-17)20(31)10-19-22(33)28-16-4-2-1-3-13(16)21(32)29-19/h1-6,9,19,27H,7-8,10-11H2,(H,28,33)(H,29,32). The molecule has 5 rings (SSSR count). The summed E-state index contributed by atoms with van der Waals surface area (Å²) in [6.45, 7) is 0.527. The van der Waals surface area contributed by atoms with Crippen molar-refractivity contribution in [3.8, 4) is 5.75 Å². The van der Waals surface area contributed by atoms with Crippen molar-refractivity contribution in [2.24, 2.45) is 0 Å². The van der Waals surface area contributed by atoms with Gasteiger partial charge in [0, 0.05) is 41.7 Å². The number of alkyl halides is 3. The number of H-pyrrole nitrogens is 1. The second-order valence-electron chi connectivity index (χ2n) is 8.17. The van der Waals surface area contributed by atoms with Crippen LogP contribution in [-0.2, 0) is 22.6 Å². The molecule has 2 aromatic carbocycles. The van der Waals surface area contributed by atoms with Gasteiger partial charge in [-0.1, -0.05) is 12.1 Å². The first-order chi connectivity index (χ1) is 16.2. The van der Waals surface area contributed by atoms with E-state index in [0.717, 1.165) is 5.69 Å². The molecule has 0 fully saturated rings. The molecule has 0 spiro atoms. The predicted octanol–water partition coefficient (Wildman–Crippen LogP) is 3.09. The van der Waals surface area contributed by atoms with Crippen LogP contribution >= 0.6 is 0 Å². The number of rotatable bonds is 3. The molecule has 3 amide bonds. The van der Waals surface area contributed by atoms with Gasteiger partial charge in [-0.3, -0.25) is 14.4 Å². The molecule has 11 heteroatoms. The number of anilines is 1. The fourth-order valence-electron chi connectivity index (χ4n) is 4.36. The Bertz CT molecular complexity index is 1320. The van der Waals surface area contributed by atoms with Crippen molar-refractivity contribution in [2.45, 2.75) is 31.8 Å². The normalized spacial score (nSPS) is 18.0. The van der Waals surface area contributed by atoms with Crippen LogP contribution in [-0.4, -0.2) is 46.6 Å².